The molecule has 1 aromatic carbocycles. The molecule has 0 saturated heterocycles. The van der Waals surface area contributed by atoms with Gasteiger partial charge >= 0.3 is 5.97 Å². The van der Waals surface area contributed by atoms with Gasteiger partial charge < -0.3 is 15.9 Å². The molecular formula is C7H6NO6S. The molecule has 1 radical (unpaired) electrons. The topological polar surface area (TPSA) is 136 Å². The third-order valence-electron chi connectivity index (χ3n) is 1.58. The van der Waals surface area contributed by atoms with Crippen LogP contribution in [0.3, 0.4) is 0 Å². The Morgan fingerprint density at radius 1 is 1.33 bits per heavy atom. The average Bonchev–Trinajstić information content (AvgIpc) is 2.06. The molecule has 81 valence electrons. The van der Waals surface area contributed by atoms with Crippen LogP contribution in [0.1, 0.15) is 10.4 Å². The van der Waals surface area contributed by atoms with Crippen LogP contribution in [0.5, 0.6) is 5.75 Å². The normalized spacial score (nSPS) is 11.3. The maximum Gasteiger partial charge on any atom is 0.339 e. The maximum atomic E-state index is 10.7. The van der Waals surface area contributed by atoms with Crippen molar-refractivity contribution < 1.29 is 28.0 Å². The number of carboxylic acid groups (broad SMARTS) is 1. The van der Waals surface area contributed by atoms with Gasteiger partial charge in [-0.05, 0) is 12.1 Å². The molecule has 0 bridgehead atoms. The monoisotopic (exact) mass is 232 g/mol. The number of phenols is 1. The Morgan fingerprint density at radius 3 is 2.27 bits per heavy atom. The standard InChI is InChI=1S/C7H6NO6S/c8-3-1-4(7(10)11)6(9)5(2-3)15(12,13)14/h1-2,8-9H,(H,10,11)(H,12,13,14). The zero-order chi connectivity index (χ0) is 11.8. The number of aromatic carboxylic acids is 1. The molecule has 0 atom stereocenters. The molecule has 0 unspecified atom stereocenters. The average molecular weight is 232 g/mol. The number of nitrogens with one attached hydrogen (secondary N) is 1. The van der Waals surface area contributed by atoms with Crippen molar-refractivity contribution in [1.82, 2.24) is 5.73 Å². The Bertz CT molecular complexity index is 521. The van der Waals surface area contributed by atoms with Crippen LogP contribution < -0.4 is 5.73 Å². The summed E-state index contributed by atoms with van der Waals surface area (Å²) in [5, 5.41) is 17.8. The summed E-state index contributed by atoms with van der Waals surface area (Å²) in [6.07, 6.45) is 0. The van der Waals surface area contributed by atoms with Gasteiger partial charge in [-0.2, -0.15) is 8.42 Å². The van der Waals surface area contributed by atoms with Crippen LogP contribution in [0.4, 0.5) is 5.69 Å². The molecule has 0 fully saturated rings. The van der Waals surface area contributed by atoms with Crippen LogP contribution in [-0.2, 0) is 10.1 Å². The van der Waals surface area contributed by atoms with Crippen molar-refractivity contribution in [2.75, 3.05) is 0 Å². The Morgan fingerprint density at radius 2 is 1.87 bits per heavy atom. The van der Waals surface area contributed by atoms with E-state index in [2.05, 4.69) is 0 Å². The highest BCUT2D eigenvalue weighted by Crippen LogP contribution is 2.29. The predicted molar refractivity (Wildman–Crippen MR) is 47.6 cm³/mol. The van der Waals surface area contributed by atoms with Crippen molar-refractivity contribution in [1.29, 1.82) is 0 Å². The third kappa shape index (κ3) is 2.17. The van der Waals surface area contributed by atoms with Crippen molar-refractivity contribution in [3.8, 4) is 5.75 Å². The van der Waals surface area contributed by atoms with Gasteiger partial charge in [-0.1, -0.05) is 0 Å². The summed E-state index contributed by atoms with van der Waals surface area (Å²) in [4.78, 5) is 9.54. The summed E-state index contributed by atoms with van der Waals surface area (Å²) in [6, 6.07) is 1.42. The highest BCUT2D eigenvalue weighted by Gasteiger charge is 2.22. The lowest BCUT2D eigenvalue weighted by atomic mass is 10.2. The highest BCUT2D eigenvalue weighted by atomic mass is 32.2. The van der Waals surface area contributed by atoms with E-state index in [1.54, 1.807) is 0 Å². The second-order valence-electron chi connectivity index (χ2n) is 2.65. The molecule has 4 N–H and O–H groups in total. The van der Waals surface area contributed by atoms with Crippen molar-refractivity contribution in [3.05, 3.63) is 17.7 Å². The summed E-state index contributed by atoms with van der Waals surface area (Å²) in [6.45, 7) is 0. The number of hydrogen-bond donors (Lipinski definition) is 3. The van der Waals surface area contributed by atoms with Gasteiger partial charge in [0.1, 0.15) is 10.5 Å². The first-order valence-corrected chi connectivity index (χ1v) is 4.97. The number of rotatable bonds is 2. The van der Waals surface area contributed by atoms with Gasteiger partial charge in [0.2, 0.25) is 0 Å². The van der Waals surface area contributed by atoms with Crippen molar-refractivity contribution in [3.63, 3.8) is 0 Å². The van der Waals surface area contributed by atoms with Gasteiger partial charge in [0, 0.05) is 0 Å². The Balaban J connectivity index is 3.63. The van der Waals surface area contributed by atoms with E-state index in [-0.39, 0.29) is 0 Å². The van der Waals surface area contributed by atoms with E-state index in [1.165, 1.54) is 0 Å². The fraction of sp³-hybridized carbons (Fsp3) is 0. The van der Waals surface area contributed by atoms with Gasteiger partial charge in [0.25, 0.3) is 10.1 Å². The molecule has 0 aromatic heterocycles. The first-order valence-electron chi connectivity index (χ1n) is 3.53. The van der Waals surface area contributed by atoms with Crippen molar-refractivity contribution in [2.45, 2.75) is 4.90 Å². The molecule has 1 aromatic rings. The number of aromatic hydroxyl groups is 1. The number of benzene rings is 1. The molecule has 0 aliphatic carbocycles. The molecule has 15 heavy (non-hydrogen) atoms. The van der Waals surface area contributed by atoms with Gasteiger partial charge in [-0.3, -0.25) is 4.55 Å². The largest absolute Gasteiger partial charge is 0.506 e. The van der Waals surface area contributed by atoms with Crippen LogP contribution in [0, 0.1) is 0 Å². The summed E-state index contributed by atoms with van der Waals surface area (Å²) in [7, 11) is -4.75. The van der Waals surface area contributed by atoms with E-state index < -0.39 is 38.0 Å². The SMILES string of the molecule is [NH]c1cc(C(=O)O)c(O)c(S(=O)(=O)O)c1. The lowest BCUT2D eigenvalue weighted by Crippen LogP contribution is -2.04. The summed E-state index contributed by atoms with van der Waals surface area (Å²) in [5.41, 5.74) is 5.90. The zero-order valence-electron chi connectivity index (χ0n) is 7.13. The van der Waals surface area contributed by atoms with Gasteiger partial charge in [0.15, 0.2) is 5.75 Å². The smallest absolute Gasteiger partial charge is 0.339 e. The molecule has 0 amide bonds. The van der Waals surface area contributed by atoms with Crippen LogP contribution in [0.2, 0.25) is 0 Å². The van der Waals surface area contributed by atoms with E-state index >= 15 is 0 Å². The van der Waals surface area contributed by atoms with Gasteiger partial charge in [-0.25, -0.2) is 4.79 Å². The third-order valence-corrected chi connectivity index (χ3v) is 2.45. The maximum absolute atomic E-state index is 10.7. The molecule has 1 rings (SSSR count). The minimum atomic E-state index is -4.75. The molecule has 8 heteroatoms. The van der Waals surface area contributed by atoms with Crippen molar-refractivity contribution in [2.24, 2.45) is 0 Å². The Kier molecular flexibility index (Phi) is 2.56. The quantitative estimate of drug-likeness (QED) is 0.494. The zero-order valence-corrected chi connectivity index (χ0v) is 7.95. The minimum absolute atomic E-state index is 0.446. The van der Waals surface area contributed by atoms with Crippen LogP contribution in [0.15, 0.2) is 17.0 Å². The lowest BCUT2D eigenvalue weighted by molar-refractivity contribution is 0.0693. The lowest BCUT2D eigenvalue weighted by Gasteiger charge is -2.05. The van der Waals surface area contributed by atoms with Crippen LogP contribution >= 0.6 is 0 Å². The molecule has 7 nitrogen and oxygen atoms in total. The Labute approximate surface area is 84.5 Å². The first-order chi connectivity index (χ1) is 6.73. The molecule has 0 saturated carbocycles. The number of hydrogen-bond acceptors (Lipinski definition) is 4. The van der Waals surface area contributed by atoms with E-state index in [0.717, 1.165) is 6.07 Å². The number of carbonyl (C=O) groups is 1. The molecular weight excluding hydrogens is 226 g/mol. The first kappa shape index (κ1) is 11.3. The second kappa shape index (κ2) is 3.41. The molecule has 0 aliphatic rings. The number of carboxylic acids is 1. The summed E-state index contributed by atoms with van der Waals surface area (Å²) < 4.78 is 30.0. The van der Waals surface area contributed by atoms with E-state index in [1.807, 2.05) is 0 Å². The fourth-order valence-electron chi connectivity index (χ4n) is 0.968. The van der Waals surface area contributed by atoms with E-state index in [0.29, 0.717) is 6.07 Å². The minimum Gasteiger partial charge on any atom is -0.506 e. The van der Waals surface area contributed by atoms with Gasteiger partial charge in [0.05, 0.1) is 5.69 Å². The molecule has 0 heterocycles. The van der Waals surface area contributed by atoms with Crippen LogP contribution in [0.25, 0.3) is 0 Å². The predicted octanol–water partition coefficient (Wildman–Crippen LogP) is 0.251. The molecule has 0 spiro atoms. The molecule has 0 aliphatic heterocycles. The highest BCUT2D eigenvalue weighted by molar-refractivity contribution is 7.86. The van der Waals surface area contributed by atoms with Crippen LogP contribution in [-0.4, -0.2) is 29.2 Å². The van der Waals surface area contributed by atoms with Gasteiger partial charge in [-0.15, -0.1) is 0 Å². The van der Waals surface area contributed by atoms with Crippen molar-refractivity contribution >= 4 is 21.8 Å². The summed E-state index contributed by atoms with van der Waals surface area (Å²) >= 11 is 0. The fourth-order valence-corrected chi connectivity index (χ4v) is 1.60. The Hall–Kier alpha value is -1.80. The summed E-state index contributed by atoms with van der Waals surface area (Å²) in [5.74, 6) is -2.67. The van der Waals surface area contributed by atoms with E-state index in [9.17, 15) is 18.3 Å². The van der Waals surface area contributed by atoms with E-state index in [4.69, 9.17) is 15.4 Å². The second-order valence-corrected chi connectivity index (χ2v) is 4.04.